The van der Waals surface area contributed by atoms with Crippen molar-refractivity contribution in [3.8, 4) is 11.5 Å². The van der Waals surface area contributed by atoms with Gasteiger partial charge in [0.1, 0.15) is 17.4 Å². The zero-order valence-corrected chi connectivity index (χ0v) is 22.3. The summed E-state index contributed by atoms with van der Waals surface area (Å²) in [5.74, 6) is -0.993. The molecule has 9 nitrogen and oxygen atoms in total. The molecule has 1 atom stereocenters. The van der Waals surface area contributed by atoms with Crippen molar-refractivity contribution in [1.29, 1.82) is 0 Å². The largest absolute Gasteiger partial charge is 0.503 e. The van der Waals surface area contributed by atoms with E-state index in [1.54, 1.807) is 55.5 Å². The summed E-state index contributed by atoms with van der Waals surface area (Å²) in [7, 11) is 1.51. The number of rotatable bonds is 8. The number of aliphatic hydroxyl groups excluding tert-OH is 1. The van der Waals surface area contributed by atoms with E-state index in [0.29, 0.717) is 39.6 Å². The van der Waals surface area contributed by atoms with Gasteiger partial charge < -0.3 is 19.0 Å². The maximum Gasteiger partial charge on any atom is 0.296 e. The van der Waals surface area contributed by atoms with Crippen LogP contribution in [0.4, 0.5) is 5.13 Å². The number of para-hydroxylation sites is 1. The van der Waals surface area contributed by atoms with Crippen molar-refractivity contribution >= 4 is 39.1 Å². The number of hydrogen-bond donors (Lipinski definition) is 1. The minimum absolute atomic E-state index is 0.0306. The molecular weight excluding hydrogens is 530 g/mol. The van der Waals surface area contributed by atoms with Gasteiger partial charge in [0, 0.05) is 5.39 Å². The summed E-state index contributed by atoms with van der Waals surface area (Å²) in [6.45, 7) is 2.15. The molecule has 10 heteroatoms. The van der Waals surface area contributed by atoms with Gasteiger partial charge in [0.15, 0.2) is 22.9 Å². The van der Waals surface area contributed by atoms with Crippen LogP contribution >= 0.6 is 11.3 Å². The van der Waals surface area contributed by atoms with Crippen molar-refractivity contribution in [1.82, 2.24) is 10.2 Å². The number of aliphatic hydroxyl groups is 1. The lowest BCUT2D eigenvalue weighted by Crippen LogP contribution is -2.31. The Morgan fingerprint density at radius 1 is 1.05 bits per heavy atom. The van der Waals surface area contributed by atoms with Crippen LogP contribution in [0.3, 0.4) is 0 Å². The fourth-order valence-electron chi connectivity index (χ4n) is 4.66. The van der Waals surface area contributed by atoms with Crippen LogP contribution in [0.2, 0.25) is 0 Å². The third kappa shape index (κ3) is 4.48. The molecular formula is C30H23N3O6S. The summed E-state index contributed by atoms with van der Waals surface area (Å²) in [5.41, 5.74) is 1.88. The first kappa shape index (κ1) is 25.3. The summed E-state index contributed by atoms with van der Waals surface area (Å²) in [4.78, 5) is 28.5. The van der Waals surface area contributed by atoms with Crippen LogP contribution < -0.4 is 14.4 Å². The number of amides is 1. The molecule has 3 aromatic carbocycles. The number of carbonyl (C=O) groups is 2. The molecule has 40 heavy (non-hydrogen) atoms. The van der Waals surface area contributed by atoms with Crippen LogP contribution in [-0.2, 0) is 11.4 Å². The standard InChI is InChI=1S/C30H23N3O6S/c1-17-31-32-30(40-17)33-25(19-11-13-21(14-12-19)38-16-18-7-4-3-5-8-18)24(27(35)29(33)36)26(34)23-15-20-9-6-10-22(37-2)28(20)39-23/h3-15,25,35H,16H2,1-2H3. The molecule has 2 aromatic heterocycles. The first-order valence-electron chi connectivity index (χ1n) is 12.4. The Morgan fingerprint density at radius 2 is 1.82 bits per heavy atom. The Morgan fingerprint density at radius 3 is 2.52 bits per heavy atom. The molecule has 1 amide bonds. The molecule has 0 fully saturated rings. The van der Waals surface area contributed by atoms with Gasteiger partial charge >= 0.3 is 0 Å². The smallest absolute Gasteiger partial charge is 0.296 e. The highest BCUT2D eigenvalue weighted by molar-refractivity contribution is 7.15. The quantitative estimate of drug-likeness (QED) is 0.234. The molecule has 200 valence electrons. The molecule has 5 aromatic rings. The van der Waals surface area contributed by atoms with Crippen LogP contribution in [0.5, 0.6) is 11.5 Å². The Labute approximate surface area is 232 Å². The highest BCUT2D eigenvalue weighted by Crippen LogP contribution is 2.43. The van der Waals surface area contributed by atoms with Crippen molar-refractivity contribution in [2.24, 2.45) is 0 Å². The molecule has 3 heterocycles. The normalized spacial score (nSPS) is 15.2. The topological polar surface area (TPSA) is 115 Å². The first-order chi connectivity index (χ1) is 19.4. The van der Waals surface area contributed by atoms with E-state index >= 15 is 0 Å². The van der Waals surface area contributed by atoms with Gasteiger partial charge in [-0.1, -0.05) is 65.9 Å². The van der Waals surface area contributed by atoms with Gasteiger partial charge in [-0.3, -0.25) is 14.5 Å². The molecule has 1 N–H and O–H groups in total. The van der Waals surface area contributed by atoms with Gasteiger partial charge in [-0.25, -0.2) is 0 Å². The average Bonchev–Trinajstić information content (AvgIpc) is 3.68. The van der Waals surface area contributed by atoms with Crippen molar-refractivity contribution in [3.63, 3.8) is 0 Å². The SMILES string of the molecule is COc1cccc2cc(C(=O)C3=C(O)C(=O)N(c4nnc(C)s4)C3c3ccc(OCc4ccccc4)cc3)oc12. The lowest BCUT2D eigenvalue weighted by Gasteiger charge is -2.24. The highest BCUT2D eigenvalue weighted by Gasteiger charge is 2.46. The number of ether oxygens (including phenoxy) is 2. The average molecular weight is 554 g/mol. The Kier molecular flexibility index (Phi) is 6.53. The zero-order chi connectivity index (χ0) is 27.8. The third-order valence-corrected chi connectivity index (χ3v) is 7.41. The monoisotopic (exact) mass is 553 g/mol. The fourth-order valence-corrected chi connectivity index (χ4v) is 5.38. The van der Waals surface area contributed by atoms with E-state index in [1.165, 1.54) is 23.3 Å². The molecule has 0 spiro atoms. The molecule has 1 unspecified atom stereocenters. The van der Waals surface area contributed by atoms with E-state index in [2.05, 4.69) is 10.2 Å². The van der Waals surface area contributed by atoms with Crippen molar-refractivity contribution in [3.05, 3.63) is 112 Å². The number of aromatic nitrogens is 2. The van der Waals surface area contributed by atoms with Crippen LogP contribution in [-0.4, -0.2) is 34.1 Å². The number of hydrogen-bond acceptors (Lipinski definition) is 9. The zero-order valence-electron chi connectivity index (χ0n) is 21.5. The number of Topliss-reactive ketones (excluding diaryl/α,β-unsaturated/α-hetero) is 1. The molecule has 0 aliphatic carbocycles. The lowest BCUT2D eigenvalue weighted by molar-refractivity contribution is -0.117. The summed E-state index contributed by atoms with van der Waals surface area (Å²) >= 11 is 1.19. The number of aryl methyl sites for hydroxylation is 1. The van der Waals surface area contributed by atoms with Crippen LogP contribution in [0.25, 0.3) is 11.0 Å². The van der Waals surface area contributed by atoms with Gasteiger partial charge in [0.05, 0.1) is 18.7 Å². The Hall–Kier alpha value is -4.96. The van der Waals surface area contributed by atoms with Crippen LogP contribution in [0.15, 0.2) is 94.6 Å². The first-order valence-corrected chi connectivity index (χ1v) is 13.2. The van der Waals surface area contributed by atoms with Gasteiger partial charge in [-0.05, 0) is 42.3 Å². The molecule has 0 bridgehead atoms. The number of nitrogens with zero attached hydrogens (tertiary/aromatic N) is 3. The minimum Gasteiger partial charge on any atom is -0.503 e. The number of ketones is 1. The van der Waals surface area contributed by atoms with Crippen LogP contribution in [0.1, 0.15) is 32.7 Å². The second-order valence-corrected chi connectivity index (χ2v) is 10.3. The van der Waals surface area contributed by atoms with Crippen molar-refractivity contribution in [2.45, 2.75) is 19.6 Å². The lowest BCUT2D eigenvalue weighted by atomic mass is 9.95. The predicted molar refractivity (Wildman–Crippen MR) is 149 cm³/mol. The Balaban J connectivity index is 1.38. The number of anilines is 1. The van der Waals surface area contributed by atoms with Crippen molar-refractivity contribution in [2.75, 3.05) is 12.0 Å². The number of benzene rings is 3. The summed E-state index contributed by atoms with van der Waals surface area (Å²) < 4.78 is 17.1. The third-order valence-electron chi connectivity index (χ3n) is 6.57. The molecule has 0 saturated heterocycles. The number of fused-ring (bicyclic) bond motifs is 1. The van der Waals surface area contributed by atoms with E-state index in [-0.39, 0.29) is 16.5 Å². The number of carbonyl (C=O) groups excluding carboxylic acids is 2. The van der Waals surface area contributed by atoms with E-state index in [4.69, 9.17) is 13.9 Å². The maximum absolute atomic E-state index is 13.9. The summed E-state index contributed by atoms with van der Waals surface area (Å²) in [6.07, 6.45) is 0. The Bertz CT molecular complexity index is 1760. The molecule has 6 rings (SSSR count). The van der Waals surface area contributed by atoms with Gasteiger partial charge in [0.25, 0.3) is 5.91 Å². The minimum atomic E-state index is -0.967. The summed E-state index contributed by atoms with van der Waals surface area (Å²) in [5, 5.41) is 20.7. The molecule has 0 saturated carbocycles. The number of furan rings is 1. The van der Waals surface area contributed by atoms with E-state index < -0.39 is 23.5 Å². The second kappa shape index (κ2) is 10.3. The summed E-state index contributed by atoms with van der Waals surface area (Å²) in [6, 6.07) is 22.7. The van der Waals surface area contributed by atoms with Gasteiger partial charge in [-0.2, -0.15) is 0 Å². The van der Waals surface area contributed by atoms with Gasteiger partial charge in [0.2, 0.25) is 10.9 Å². The number of methoxy groups -OCH3 is 1. The van der Waals surface area contributed by atoms with Gasteiger partial charge in [-0.15, -0.1) is 10.2 Å². The van der Waals surface area contributed by atoms with Crippen molar-refractivity contribution < 1.29 is 28.6 Å². The molecule has 1 aliphatic rings. The highest BCUT2D eigenvalue weighted by atomic mass is 32.1. The van der Waals surface area contributed by atoms with E-state index in [1.807, 2.05) is 30.3 Å². The molecule has 1 aliphatic heterocycles. The van der Waals surface area contributed by atoms with Crippen LogP contribution in [0, 0.1) is 6.92 Å². The maximum atomic E-state index is 13.9. The van der Waals surface area contributed by atoms with E-state index in [0.717, 1.165) is 5.56 Å². The second-order valence-electron chi connectivity index (χ2n) is 9.11. The predicted octanol–water partition coefficient (Wildman–Crippen LogP) is 5.96. The van der Waals surface area contributed by atoms with E-state index in [9.17, 15) is 14.7 Å². The fraction of sp³-hybridized carbons (Fsp3) is 0.133. The molecule has 0 radical (unpaired) electrons.